The van der Waals surface area contributed by atoms with Gasteiger partial charge in [-0.15, -0.1) is 24.0 Å². The maximum absolute atomic E-state index is 5.47. The lowest BCUT2D eigenvalue weighted by atomic mass is 10.0. The largest absolute Gasteiger partial charge is 0.379 e. The van der Waals surface area contributed by atoms with Crippen molar-refractivity contribution < 1.29 is 4.74 Å². The summed E-state index contributed by atoms with van der Waals surface area (Å²) < 4.78 is 5.47. The molecule has 5 nitrogen and oxygen atoms in total. The van der Waals surface area contributed by atoms with Gasteiger partial charge in [-0.3, -0.25) is 9.89 Å². The normalized spacial score (nSPS) is 18.0. The predicted molar refractivity (Wildman–Crippen MR) is 105 cm³/mol. The van der Waals surface area contributed by atoms with Crippen LogP contribution in [0.5, 0.6) is 0 Å². The van der Waals surface area contributed by atoms with Gasteiger partial charge in [-0.25, -0.2) is 0 Å². The number of guanidine groups is 1. The van der Waals surface area contributed by atoms with Crippen molar-refractivity contribution in [2.24, 2.45) is 10.9 Å². The summed E-state index contributed by atoms with van der Waals surface area (Å²) >= 11 is 0. The van der Waals surface area contributed by atoms with E-state index in [0.717, 1.165) is 45.4 Å². The Morgan fingerprint density at radius 3 is 2.45 bits per heavy atom. The summed E-state index contributed by atoms with van der Waals surface area (Å²) in [5, 5.41) is 6.87. The van der Waals surface area contributed by atoms with Gasteiger partial charge >= 0.3 is 0 Å². The van der Waals surface area contributed by atoms with Gasteiger partial charge in [0.25, 0.3) is 0 Å². The lowest BCUT2D eigenvalue weighted by Crippen LogP contribution is -2.51. The number of ether oxygens (including phenoxy) is 1. The zero-order valence-electron chi connectivity index (χ0n) is 14.7. The van der Waals surface area contributed by atoms with E-state index >= 15 is 0 Å². The van der Waals surface area contributed by atoms with Crippen molar-refractivity contribution in [3.63, 3.8) is 0 Å². The minimum atomic E-state index is 0. The van der Waals surface area contributed by atoms with Crippen LogP contribution >= 0.6 is 24.0 Å². The van der Waals surface area contributed by atoms with E-state index in [1.165, 1.54) is 19.3 Å². The first-order chi connectivity index (χ1) is 10.2. The summed E-state index contributed by atoms with van der Waals surface area (Å²) in [4.78, 5) is 6.86. The Balaban J connectivity index is 0.00000441. The van der Waals surface area contributed by atoms with E-state index in [4.69, 9.17) is 4.74 Å². The molecule has 22 heavy (non-hydrogen) atoms. The summed E-state index contributed by atoms with van der Waals surface area (Å²) in [6, 6.07) is 0.554. The molecule has 1 rings (SSSR count). The molecule has 1 heterocycles. The minimum Gasteiger partial charge on any atom is -0.379 e. The molecule has 0 aromatic carbocycles. The maximum atomic E-state index is 5.47. The highest BCUT2D eigenvalue weighted by molar-refractivity contribution is 14.0. The van der Waals surface area contributed by atoms with Gasteiger partial charge in [0.1, 0.15) is 0 Å². The summed E-state index contributed by atoms with van der Waals surface area (Å²) in [6.45, 7) is 12.5. The average Bonchev–Trinajstić information content (AvgIpc) is 2.50. The molecule has 0 bridgehead atoms. The molecule has 1 unspecified atom stereocenters. The molecular formula is C16H35IN4O. The molecule has 1 aliphatic rings. The quantitative estimate of drug-likeness (QED) is 0.271. The molecule has 2 N–H and O–H groups in total. The van der Waals surface area contributed by atoms with E-state index < -0.39 is 0 Å². The summed E-state index contributed by atoms with van der Waals surface area (Å²) in [6.07, 6.45) is 3.59. The lowest BCUT2D eigenvalue weighted by molar-refractivity contribution is 0.0132. The Morgan fingerprint density at radius 2 is 1.91 bits per heavy atom. The number of nitrogens with zero attached hydrogens (tertiary/aromatic N) is 2. The number of unbranched alkanes of at least 4 members (excludes halogenated alkanes) is 1. The monoisotopic (exact) mass is 426 g/mol. The number of aliphatic imine (C=N–C) groups is 1. The van der Waals surface area contributed by atoms with Gasteiger partial charge in [0.15, 0.2) is 5.96 Å². The van der Waals surface area contributed by atoms with E-state index in [1.807, 2.05) is 7.05 Å². The first-order valence-corrected chi connectivity index (χ1v) is 8.43. The Labute approximate surface area is 153 Å². The number of morpholine rings is 1. The van der Waals surface area contributed by atoms with Gasteiger partial charge in [0, 0.05) is 39.3 Å². The highest BCUT2D eigenvalue weighted by Crippen LogP contribution is 2.12. The fourth-order valence-corrected chi connectivity index (χ4v) is 2.67. The molecule has 1 saturated heterocycles. The Morgan fingerprint density at radius 1 is 1.23 bits per heavy atom. The van der Waals surface area contributed by atoms with Crippen molar-refractivity contribution in [3.05, 3.63) is 0 Å². The van der Waals surface area contributed by atoms with Crippen LogP contribution in [0.1, 0.15) is 40.0 Å². The number of halogens is 1. The molecule has 0 saturated carbocycles. The maximum Gasteiger partial charge on any atom is 0.191 e. The molecule has 1 atom stereocenters. The van der Waals surface area contributed by atoms with E-state index in [2.05, 4.69) is 41.3 Å². The van der Waals surface area contributed by atoms with Crippen molar-refractivity contribution in [2.45, 2.75) is 46.1 Å². The molecule has 1 aliphatic heterocycles. The highest BCUT2D eigenvalue weighted by Gasteiger charge is 2.22. The molecule has 1 fully saturated rings. The predicted octanol–water partition coefficient (Wildman–Crippen LogP) is 2.32. The van der Waals surface area contributed by atoms with Crippen LogP contribution in [0.4, 0.5) is 0 Å². The lowest BCUT2D eigenvalue weighted by Gasteiger charge is -2.35. The first-order valence-electron chi connectivity index (χ1n) is 8.43. The summed E-state index contributed by atoms with van der Waals surface area (Å²) in [5.41, 5.74) is 0. The smallest absolute Gasteiger partial charge is 0.191 e. The van der Waals surface area contributed by atoms with Crippen molar-refractivity contribution >= 4 is 29.9 Å². The fraction of sp³-hybridized carbons (Fsp3) is 0.938. The Kier molecular flexibility index (Phi) is 13.3. The second kappa shape index (κ2) is 13.4. The summed E-state index contributed by atoms with van der Waals surface area (Å²) in [7, 11) is 1.84. The van der Waals surface area contributed by atoms with Crippen molar-refractivity contribution in [1.82, 2.24) is 15.5 Å². The minimum absolute atomic E-state index is 0. The van der Waals surface area contributed by atoms with Crippen LogP contribution in [0.3, 0.4) is 0 Å². The van der Waals surface area contributed by atoms with Gasteiger partial charge in [-0.2, -0.15) is 0 Å². The van der Waals surface area contributed by atoms with Crippen LogP contribution in [-0.2, 0) is 4.74 Å². The number of nitrogens with one attached hydrogen (secondary N) is 2. The molecule has 6 heteroatoms. The van der Waals surface area contributed by atoms with E-state index in [-0.39, 0.29) is 24.0 Å². The van der Waals surface area contributed by atoms with Crippen molar-refractivity contribution in [3.8, 4) is 0 Å². The van der Waals surface area contributed by atoms with Crippen LogP contribution in [0, 0.1) is 5.92 Å². The number of rotatable bonds is 8. The fourth-order valence-electron chi connectivity index (χ4n) is 2.67. The van der Waals surface area contributed by atoms with Gasteiger partial charge < -0.3 is 15.4 Å². The molecule has 0 spiro atoms. The Hall–Kier alpha value is -0.0800. The zero-order valence-corrected chi connectivity index (χ0v) is 17.1. The van der Waals surface area contributed by atoms with Gasteiger partial charge in [0.2, 0.25) is 0 Å². The molecular weight excluding hydrogens is 391 g/mol. The number of hydrogen-bond donors (Lipinski definition) is 2. The average molecular weight is 426 g/mol. The third-order valence-electron chi connectivity index (χ3n) is 3.86. The molecule has 0 amide bonds. The van der Waals surface area contributed by atoms with Crippen molar-refractivity contribution in [1.29, 1.82) is 0 Å². The van der Waals surface area contributed by atoms with Gasteiger partial charge in [-0.05, 0) is 18.8 Å². The third-order valence-corrected chi connectivity index (χ3v) is 3.86. The molecule has 0 aromatic rings. The van der Waals surface area contributed by atoms with E-state index in [0.29, 0.717) is 12.0 Å². The molecule has 0 radical (unpaired) electrons. The van der Waals surface area contributed by atoms with Gasteiger partial charge in [0.05, 0.1) is 13.2 Å². The summed E-state index contributed by atoms with van der Waals surface area (Å²) in [5.74, 6) is 1.63. The van der Waals surface area contributed by atoms with Crippen LogP contribution in [0.2, 0.25) is 0 Å². The number of hydrogen-bond acceptors (Lipinski definition) is 3. The molecule has 0 aliphatic carbocycles. The highest BCUT2D eigenvalue weighted by atomic mass is 127. The van der Waals surface area contributed by atoms with Gasteiger partial charge in [-0.1, -0.05) is 27.2 Å². The molecule has 0 aromatic heterocycles. The van der Waals surface area contributed by atoms with Crippen LogP contribution in [0.25, 0.3) is 0 Å². The van der Waals surface area contributed by atoms with E-state index in [1.54, 1.807) is 0 Å². The van der Waals surface area contributed by atoms with Crippen LogP contribution in [0.15, 0.2) is 4.99 Å². The standard InChI is InChI=1S/C16H34N4O.HI/c1-5-6-7-18-16(17-4)19-13-15(12-14(2)3)20-8-10-21-11-9-20;/h14-15H,5-13H2,1-4H3,(H2,17,18,19);1H. The van der Waals surface area contributed by atoms with E-state index in [9.17, 15) is 0 Å². The van der Waals surface area contributed by atoms with Crippen molar-refractivity contribution in [2.75, 3.05) is 46.4 Å². The zero-order chi connectivity index (χ0) is 15.5. The van der Waals surface area contributed by atoms with Crippen LogP contribution in [-0.4, -0.2) is 63.3 Å². The van der Waals surface area contributed by atoms with Crippen LogP contribution < -0.4 is 10.6 Å². The Bertz CT molecular complexity index is 294. The molecule has 132 valence electrons. The second-order valence-electron chi connectivity index (χ2n) is 6.17. The second-order valence-corrected chi connectivity index (χ2v) is 6.17. The first kappa shape index (κ1) is 21.9. The third kappa shape index (κ3) is 9.15. The SMILES string of the molecule is CCCCNC(=NC)NCC(CC(C)C)N1CCOCC1.I. The topological polar surface area (TPSA) is 48.9 Å².